The molecule has 0 saturated heterocycles. The third-order valence-corrected chi connectivity index (χ3v) is 9.67. The second-order valence-corrected chi connectivity index (χ2v) is 15.4. The van der Waals surface area contributed by atoms with Gasteiger partial charge in [0.2, 0.25) is 11.5 Å². The molecule has 6 heterocycles. The normalized spacial score (nSPS) is 29.2. The summed E-state index contributed by atoms with van der Waals surface area (Å²) < 4.78 is 12.1. The Morgan fingerprint density at radius 1 is 0.500 bits per heavy atom. The van der Waals surface area contributed by atoms with Crippen molar-refractivity contribution in [3.63, 3.8) is 0 Å². The number of ketones is 2. The first kappa shape index (κ1) is 31.8. The number of aliphatic hydroxyl groups excluding tert-OH is 2. The molecule has 8 nitrogen and oxygen atoms in total. The second-order valence-electron chi connectivity index (χ2n) is 15.4. The molecule has 8 heteroatoms. The summed E-state index contributed by atoms with van der Waals surface area (Å²) in [5.74, 6) is -7.26. The van der Waals surface area contributed by atoms with Gasteiger partial charge in [0.15, 0.2) is 11.5 Å². The van der Waals surface area contributed by atoms with E-state index in [2.05, 4.69) is 0 Å². The molecule has 4 N–H and O–H groups in total. The first-order chi connectivity index (χ1) is 20.1. The molecule has 2 aromatic rings. The molecule has 0 spiro atoms. The first-order valence-electron chi connectivity index (χ1n) is 15.1. The van der Waals surface area contributed by atoms with Gasteiger partial charge in [-0.05, 0) is 47.9 Å². The summed E-state index contributed by atoms with van der Waals surface area (Å²) in [6, 6.07) is 15.2. The zero-order valence-corrected chi connectivity index (χ0v) is 26.9. The van der Waals surface area contributed by atoms with Gasteiger partial charge in [-0.15, -0.1) is 0 Å². The fraction of sp³-hybridized carbons (Fsp3) is 0.500. The van der Waals surface area contributed by atoms with Crippen molar-refractivity contribution in [3.8, 4) is 0 Å². The number of Topliss-reactive ketones (excluding diaryl/α,β-unsaturated/α-hetero) is 2. The Morgan fingerprint density at radius 2 is 0.750 bits per heavy atom. The van der Waals surface area contributed by atoms with Gasteiger partial charge in [0, 0.05) is 21.7 Å². The molecule has 6 aliphatic rings. The van der Waals surface area contributed by atoms with E-state index in [4.69, 9.17) is 9.47 Å². The van der Waals surface area contributed by atoms with E-state index in [0.29, 0.717) is 12.8 Å². The van der Waals surface area contributed by atoms with Crippen LogP contribution in [-0.4, -0.2) is 43.6 Å². The largest absolute Gasteiger partial charge is 0.502 e. The van der Waals surface area contributed by atoms with Gasteiger partial charge in [-0.2, -0.15) is 0 Å². The summed E-state index contributed by atoms with van der Waals surface area (Å²) in [6.45, 7) is 14.3. The molecule has 236 valence electrons. The molecule has 44 heavy (non-hydrogen) atoms. The lowest BCUT2D eigenvalue weighted by molar-refractivity contribution is -0.227. The molecule has 8 bridgehead atoms. The molecule has 0 amide bonds. The van der Waals surface area contributed by atoms with Crippen molar-refractivity contribution in [2.75, 3.05) is 0 Å². The van der Waals surface area contributed by atoms with E-state index in [-0.39, 0.29) is 24.4 Å². The smallest absolute Gasteiger partial charge is 0.281 e. The molecule has 6 aliphatic heterocycles. The fourth-order valence-corrected chi connectivity index (χ4v) is 6.81. The molecule has 2 atom stereocenters. The number of rotatable bonds is 0. The van der Waals surface area contributed by atoms with E-state index >= 15 is 0 Å². The van der Waals surface area contributed by atoms with Gasteiger partial charge in [-0.1, -0.05) is 104 Å². The maximum Gasteiger partial charge on any atom is 0.281 e. The minimum atomic E-state index is -2.26. The van der Waals surface area contributed by atoms with Crippen LogP contribution in [0.1, 0.15) is 77.6 Å². The average molecular weight is 605 g/mol. The highest BCUT2D eigenvalue weighted by molar-refractivity contribution is 6.02. The molecular formula is C36H44O8. The van der Waals surface area contributed by atoms with Crippen LogP contribution in [-0.2, 0) is 44.7 Å². The molecule has 2 aromatic carbocycles. The third kappa shape index (κ3) is 4.92. The van der Waals surface area contributed by atoms with Crippen LogP contribution in [0.2, 0.25) is 0 Å². The molecule has 0 aromatic heterocycles. The van der Waals surface area contributed by atoms with Crippen molar-refractivity contribution in [2.24, 2.45) is 21.7 Å². The van der Waals surface area contributed by atoms with Gasteiger partial charge in [0.1, 0.15) is 0 Å². The number of allylic oxidation sites excluding steroid dienone is 2. The minimum Gasteiger partial charge on any atom is -0.502 e. The number of aliphatic hydroxyl groups is 4. The molecule has 8 rings (SSSR count). The van der Waals surface area contributed by atoms with E-state index in [1.54, 1.807) is 27.7 Å². The van der Waals surface area contributed by atoms with E-state index < -0.39 is 56.3 Å². The molecule has 0 fully saturated rings. The molecule has 0 radical (unpaired) electrons. The first-order valence-corrected chi connectivity index (χ1v) is 15.1. The lowest BCUT2D eigenvalue weighted by Gasteiger charge is -2.39. The Labute approximate surface area is 259 Å². The Kier molecular flexibility index (Phi) is 7.18. The zero-order valence-electron chi connectivity index (χ0n) is 26.9. The highest BCUT2D eigenvalue weighted by atomic mass is 16.7. The van der Waals surface area contributed by atoms with E-state index in [1.165, 1.54) is 0 Å². The van der Waals surface area contributed by atoms with Gasteiger partial charge < -0.3 is 29.9 Å². The van der Waals surface area contributed by atoms with E-state index in [9.17, 15) is 30.0 Å². The third-order valence-electron chi connectivity index (χ3n) is 9.67. The van der Waals surface area contributed by atoms with Crippen LogP contribution < -0.4 is 0 Å². The maximum absolute atomic E-state index is 13.4. The Bertz CT molecular complexity index is 1450. The number of benzene rings is 2. The fourth-order valence-electron chi connectivity index (χ4n) is 6.81. The van der Waals surface area contributed by atoms with Crippen molar-refractivity contribution in [1.29, 1.82) is 0 Å². The number of hydrogen-bond donors (Lipinski definition) is 4. The molecule has 0 saturated carbocycles. The van der Waals surface area contributed by atoms with Crippen LogP contribution in [0, 0.1) is 21.7 Å². The van der Waals surface area contributed by atoms with Crippen LogP contribution in [0.4, 0.5) is 0 Å². The molecule has 2 unspecified atom stereocenters. The van der Waals surface area contributed by atoms with Crippen molar-refractivity contribution < 1.29 is 39.5 Å². The number of hydrogen-bond acceptors (Lipinski definition) is 8. The monoisotopic (exact) mass is 604 g/mol. The maximum atomic E-state index is 13.4. The Morgan fingerprint density at radius 3 is 1.02 bits per heavy atom. The predicted octanol–water partition coefficient (Wildman–Crippen LogP) is 5.79. The van der Waals surface area contributed by atoms with Crippen LogP contribution in [0.15, 0.2) is 71.6 Å². The standard InChI is InChI=1S/C36H44O8/c1-31(2)17-21-9-13-23(14-10-21)20-34(7,8)36(42)28(40)26(38)30(44-36)32(3,4)18-22-11-15-24(16-12-22)19-33(5,6)35(41)27(39)25(37)29(31)43-35/h9-16,37-38,41-42H,17-20H2,1-8H3. The minimum absolute atomic E-state index is 0.0465. The van der Waals surface area contributed by atoms with Gasteiger partial charge >= 0.3 is 0 Å². The van der Waals surface area contributed by atoms with Crippen molar-refractivity contribution >= 4 is 11.6 Å². The summed E-state index contributed by atoms with van der Waals surface area (Å²) >= 11 is 0. The summed E-state index contributed by atoms with van der Waals surface area (Å²) in [7, 11) is 0. The summed E-state index contributed by atoms with van der Waals surface area (Å²) in [5, 5.41) is 45.3. The van der Waals surface area contributed by atoms with Crippen LogP contribution in [0.5, 0.6) is 0 Å². The van der Waals surface area contributed by atoms with Gasteiger partial charge in [0.25, 0.3) is 23.1 Å². The lowest BCUT2D eigenvalue weighted by atomic mass is 9.75. The van der Waals surface area contributed by atoms with Crippen LogP contribution in [0.3, 0.4) is 0 Å². The Hall–Kier alpha value is -3.62. The highest BCUT2D eigenvalue weighted by Gasteiger charge is 2.61. The summed E-state index contributed by atoms with van der Waals surface area (Å²) in [6.07, 6.45) is 1.33. The number of carbonyl (C=O) groups is 2. The second kappa shape index (κ2) is 9.94. The Balaban J connectivity index is 1.58. The van der Waals surface area contributed by atoms with Crippen molar-refractivity contribution in [2.45, 2.75) is 92.6 Å². The summed E-state index contributed by atoms with van der Waals surface area (Å²) in [5.41, 5.74) is -0.456. The van der Waals surface area contributed by atoms with E-state index in [0.717, 1.165) is 22.3 Å². The SMILES string of the molecule is CC1(C)Cc2ccc(cc2)CC(C)(C)C2(O)OC(=C(O)C2=O)C(C)(C)Cc2ccc(cc2)CC(C)(C)C2(O)OC1=C(O)C2=O. The predicted molar refractivity (Wildman–Crippen MR) is 164 cm³/mol. The molecular weight excluding hydrogens is 560 g/mol. The van der Waals surface area contributed by atoms with Crippen LogP contribution in [0.25, 0.3) is 0 Å². The van der Waals surface area contributed by atoms with Crippen molar-refractivity contribution in [3.05, 3.63) is 93.8 Å². The lowest BCUT2D eigenvalue weighted by Crippen LogP contribution is -2.52. The quantitative estimate of drug-likeness (QED) is 0.297. The zero-order chi connectivity index (χ0) is 32.7. The average Bonchev–Trinajstić information content (AvgIpc) is 3.32. The topological polar surface area (TPSA) is 134 Å². The van der Waals surface area contributed by atoms with Gasteiger partial charge in [-0.3, -0.25) is 9.59 Å². The van der Waals surface area contributed by atoms with Gasteiger partial charge in [-0.25, -0.2) is 0 Å². The number of carbonyl (C=O) groups excluding carboxylic acids is 2. The van der Waals surface area contributed by atoms with E-state index in [1.807, 2.05) is 76.2 Å². The van der Waals surface area contributed by atoms with Gasteiger partial charge in [0.05, 0.1) is 0 Å². The highest BCUT2D eigenvalue weighted by Crippen LogP contribution is 2.50. The van der Waals surface area contributed by atoms with Crippen molar-refractivity contribution in [1.82, 2.24) is 0 Å². The van der Waals surface area contributed by atoms with Crippen LogP contribution >= 0.6 is 0 Å². The number of ether oxygens (including phenoxy) is 2. The molecule has 0 aliphatic carbocycles. The summed E-state index contributed by atoms with van der Waals surface area (Å²) in [4.78, 5) is 26.8.